The van der Waals surface area contributed by atoms with Crippen molar-refractivity contribution in [3.63, 3.8) is 0 Å². The summed E-state index contributed by atoms with van der Waals surface area (Å²) in [4.78, 5) is 22.3. The van der Waals surface area contributed by atoms with Gasteiger partial charge in [0, 0.05) is 16.7 Å². The standard InChI is InChI=1S/C15H13ClN2O4/c1-9(11-4-2-3-5-12(11)16)22-15(19)10-6-7-13(17)14(8-10)18(20)21/h2-9H,17H2,1H3/t9-/m1/s1. The second kappa shape index (κ2) is 6.44. The lowest BCUT2D eigenvalue weighted by molar-refractivity contribution is -0.383. The molecule has 0 amide bonds. The van der Waals surface area contributed by atoms with E-state index in [2.05, 4.69) is 0 Å². The summed E-state index contributed by atoms with van der Waals surface area (Å²) in [5.74, 6) is -0.685. The average molecular weight is 321 g/mol. The summed E-state index contributed by atoms with van der Waals surface area (Å²) in [5.41, 5.74) is 5.86. The van der Waals surface area contributed by atoms with Crippen molar-refractivity contribution >= 4 is 28.9 Å². The van der Waals surface area contributed by atoms with Gasteiger partial charge in [0.25, 0.3) is 5.69 Å². The minimum Gasteiger partial charge on any atom is -0.454 e. The van der Waals surface area contributed by atoms with Gasteiger partial charge in [0.2, 0.25) is 0 Å². The number of esters is 1. The molecule has 2 N–H and O–H groups in total. The Hall–Kier alpha value is -2.60. The van der Waals surface area contributed by atoms with Crippen LogP contribution in [0.3, 0.4) is 0 Å². The molecule has 2 aromatic rings. The molecule has 0 aliphatic carbocycles. The van der Waals surface area contributed by atoms with E-state index in [0.717, 1.165) is 6.07 Å². The molecule has 0 aromatic heterocycles. The van der Waals surface area contributed by atoms with E-state index in [4.69, 9.17) is 22.1 Å². The molecule has 1 atom stereocenters. The van der Waals surface area contributed by atoms with Gasteiger partial charge in [0.15, 0.2) is 0 Å². The SMILES string of the molecule is C[C@@H](OC(=O)c1ccc(N)c([N+](=O)[O-])c1)c1ccccc1Cl. The predicted octanol–water partition coefficient (Wildman–Crippen LogP) is 3.75. The zero-order valence-electron chi connectivity index (χ0n) is 11.7. The number of rotatable bonds is 4. The number of anilines is 1. The van der Waals surface area contributed by atoms with Crippen LogP contribution in [0.5, 0.6) is 0 Å². The number of nitrogen functional groups attached to an aromatic ring is 1. The molecule has 0 fully saturated rings. The molecule has 0 bridgehead atoms. The Morgan fingerprint density at radius 2 is 2.00 bits per heavy atom. The van der Waals surface area contributed by atoms with Crippen LogP contribution in [0.2, 0.25) is 5.02 Å². The van der Waals surface area contributed by atoms with Crippen molar-refractivity contribution in [2.45, 2.75) is 13.0 Å². The van der Waals surface area contributed by atoms with Gasteiger partial charge in [-0.25, -0.2) is 4.79 Å². The van der Waals surface area contributed by atoms with Crippen LogP contribution in [-0.2, 0) is 4.74 Å². The van der Waals surface area contributed by atoms with Crippen LogP contribution in [0, 0.1) is 10.1 Å². The van der Waals surface area contributed by atoms with Crippen molar-refractivity contribution in [3.05, 3.63) is 68.7 Å². The molecule has 0 saturated carbocycles. The van der Waals surface area contributed by atoms with E-state index in [1.807, 2.05) is 0 Å². The monoisotopic (exact) mass is 320 g/mol. The Morgan fingerprint density at radius 3 is 2.64 bits per heavy atom. The topological polar surface area (TPSA) is 95.5 Å². The predicted molar refractivity (Wildman–Crippen MR) is 82.8 cm³/mol. The van der Waals surface area contributed by atoms with Crippen LogP contribution in [0.4, 0.5) is 11.4 Å². The first-order valence-corrected chi connectivity index (χ1v) is 6.77. The summed E-state index contributed by atoms with van der Waals surface area (Å²) in [7, 11) is 0. The van der Waals surface area contributed by atoms with Gasteiger partial charge in [-0.05, 0) is 25.1 Å². The van der Waals surface area contributed by atoms with E-state index in [1.54, 1.807) is 31.2 Å². The summed E-state index contributed by atoms with van der Waals surface area (Å²) >= 11 is 6.04. The first-order chi connectivity index (χ1) is 10.4. The lowest BCUT2D eigenvalue weighted by atomic mass is 10.1. The van der Waals surface area contributed by atoms with Crippen molar-refractivity contribution in [3.8, 4) is 0 Å². The highest BCUT2D eigenvalue weighted by Gasteiger charge is 2.19. The van der Waals surface area contributed by atoms with Crippen molar-refractivity contribution in [1.82, 2.24) is 0 Å². The third-order valence-corrected chi connectivity index (χ3v) is 3.43. The van der Waals surface area contributed by atoms with Crippen LogP contribution in [0.1, 0.15) is 28.9 Å². The zero-order chi connectivity index (χ0) is 16.3. The molecule has 0 unspecified atom stereocenters. The van der Waals surface area contributed by atoms with E-state index < -0.39 is 17.0 Å². The smallest absolute Gasteiger partial charge is 0.338 e. The molecular formula is C15H13ClN2O4. The normalized spacial score (nSPS) is 11.7. The number of carbonyl (C=O) groups is 1. The van der Waals surface area contributed by atoms with Crippen molar-refractivity contribution in [1.29, 1.82) is 0 Å². The fourth-order valence-electron chi connectivity index (χ4n) is 1.93. The molecule has 0 aliphatic rings. The van der Waals surface area contributed by atoms with Crippen molar-refractivity contribution in [2.75, 3.05) is 5.73 Å². The Balaban J connectivity index is 2.21. The summed E-state index contributed by atoms with van der Waals surface area (Å²) < 4.78 is 5.29. The quantitative estimate of drug-likeness (QED) is 0.400. The van der Waals surface area contributed by atoms with Crippen LogP contribution in [0.15, 0.2) is 42.5 Å². The number of hydrogen-bond acceptors (Lipinski definition) is 5. The Morgan fingerprint density at radius 1 is 1.32 bits per heavy atom. The van der Waals surface area contributed by atoms with Gasteiger partial charge < -0.3 is 10.5 Å². The molecule has 0 radical (unpaired) electrons. The molecule has 6 nitrogen and oxygen atoms in total. The van der Waals surface area contributed by atoms with Gasteiger partial charge in [-0.15, -0.1) is 0 Å². The van der Waals surface area contributed by atoms with E-state index in [0.29, 0.717) is 10.6 Å². The van der Waals surface area contributed by atoms with E-state index in [-0.39, 0.29) is 16.9 Å². The molecule has 2 rings (SSSR count). The maximum atomic E-state index is 12.1. The number of nitro benzene ring substituents is 1. The Bertz CT molecular complexity index is 733. The lowest BCUT2D eigenvalue weighted by Gasteiger charge is -2.15. The van der Waals surface area contributed by atoms with Gasteiger partial charge >= 0.3 is 5.97 Å². The number of nitrogens with two attached hydrogens (primary N) is 1. The second-order valence-electron chi connectivity index (χ2n) is 4.60. The largest absolute Gasteiger partial charge is 0.454 e. The number of hydrogen-bond donors (Lipinski definition) is 1. The average Bonchev–Trinajstić information content (AvgIpc) is 2.47. The number of halogens is 1. The van der Waals surface area contributed by atoms with E-state index >= 15 is 0 Å². The van der Waals surface area contributed by atoms with E-state index in [1.165, 1.54) is 12.1 Å². The van der Waals surface area contributed by atoms with Crippen molar-refractivity contribution in [2.24, 2.45) is 0 Å². The summed E-state index contributed by atoms with van der Waals surface area (Å²) in [5, 5.41) is 11.3. The van der Waals surface area contributed by atoms with Gasteiger partial charge in [-0.2, -0.15) is 0 Å². The molecule has 0 heterocycles. The molecule has 114 valence electrons. The molecular weight excluding hydrogens is 308 g/mol. The molecule has 22 heavy (non-hydrogen) atoms. The molecule has 7 heteroatoms. The summed E-state index contributed by atoms with van der Waals surface area (Å²) in [6.45, 7) is 1.67. The molecule has 0 aliphatic heterocycles. The van der Waals surface area contributed by atoms with Crippen LogP contribution in [0.25, 0.3) is 0 Å². The third-order valence-electron chi connectivity index (χ3n) is 3.09. The van der Waals surface area contributed by atoms with Crippen LogP contribution < -0.4 is 5.73 Å². The van der Waals surface area contributed by atoms with Gasteiger partial charge in [-0.3, -0.25) is 10.1 Å². The summed E-state index contributed by atoms with van der Waals surface area (Å²) in [6.07, 6.45) is -0.585. The second-order valence-corrected chi connectivity index (χ2v) is 5.01. The number of nitro groups is 1. The number of ether oxygens (including phenoxy) is 1. The minimum atomic E-state index is -0.685. The highest BCUT2D eigenvalue weighted by molar-refractivity contribution is 6.31. The van der Waals surface area contributed by atoms with Gasteiger partial charge in [-0.1, -0.05) is 29.8 Å². The highest BCUT2D eigenvalue weighted by atomic mass is 35.5. The lowest BCUT2D eigenvalue weighted by Crippen LogP contribution is -2.10. The van der Waals surface area contributed by atoms with Crippen molar-refractivity contribution < 1.29 is 14.5 Å². The number of benzene rings is 2. The number of carbonyl (C=O) groups excluding carboxylic acids is 1. The van der Waals surface area contributed by atoms with Gasteiger partial charge in [0.1, 0.15) is 11.8 Å². The van der Waals surface area contributed by atoms with Gasteiger partial charge in [0.05, 0.1) is 10.5 Å². The third kappa shape index (κ3) is 3.35. The zero-order valence-corrected chi connectivity index (χ0v) is 12.4. The Labute approximate surface area is 131 Å². The molecule has 0 saturated heterocycles. The highest BCUT2D eigenvalue weighted by Crippen LogP contribution is 2.27. The van der Waals surface area contributed by atoms with Crippen LogP contribution >= 0.6 is 11.6 Å². The fourth-order valence-corrected chi connectivity index (χ4v) is 2.22. The van der Waals surface area contributed by atoms with Crippen LogP contribution in [-0.4, -0.2) is 10.9 Å². The number of nitrogens with zero attached hydrogens (tertiary/aromatic N) is 1. The maximum Gasteiger partial charge on any atom is 0.338 e. The maximum absolute atomic E-state index is 12.1. The Kier molecular flexibility index (Phi) is 4.62. The first-order valence-electron chi connectivity index (χ1n) is 6.39. The first kappa shape index (κ1) is 15.8. The molecule has 2 aromatic carbocycles. The summed E-state index contributed by atoms with van der Waals surface area (Å²) in [6, 6.07) is 10.8. The fraction of sp³-hybridized carbons (Fsp3) is 0.133. The molecule has 0 spiro atoms. The van der Waals surface area contributed by atoms with E-state index in [9.17, 15) is 14.9 Å². The minimum absolute atomic E-state index is 0.0132.